The number of rotatable bonds is 4. The molecule has 0 heterocycles. The van der Waals surface area contributed by atoms with Crippen molar-refractivity contribution < 1.29 is 14.5 Å². The number of hydrogen-bond acceptors (Lipinski definition) is 4. The molecule has 102 valence electrons. The van der Waals surface area contributed by atoms with Crippen molar-refractivity contribution in [3.05, 3.63) is 62.1 Å². The van der Waals surface area contributed by atoms with E-state index in [9.17, 15) is 14.9 Å². The summed E-state index contributed by atoms with van der Waals surface area (Å²) in [5.74, 6) is 0.643. The third-order valence-electron chi connectivity index (χ3n) is 2.39. The van der Waals surface area contributed by atoms with Crippen LogP contribution in [0.5, 0.6) is 11.5 Å². The Hall–Kier alpha value is -2.11. The fraction of sp³-hybridized carbons (Fsp3) is 0. The molecular weight excluding hydrogens is 305 g/mol. The van der Waals surface area contributed by atoms with Crippen molar-refractivity contribution in [1.29, 1.82) is 0 Å². The molecule has 0 saturated heterocycles. The molecule has 7 heteroatoms. The fourth-order valence-corrected chi connectivity index (χ4v) is 2.09. The van der Waals surface area contributed by atoms with Crippen LogP contribution in [0.25, 0.3) is 0 Å². The zero-order chi connectivity index (χ0) is 14.7. The number of benzene rings is 2. The Morgan fingerprint density at radius 2 is 1.70 bits per heavy atom. The Kier molecular flexibility index (Phi) is 4.22. The van der Waals surface area contributed by atoms with E-state index in [1.54, 1.807) is 6.07 Å². The lowest BCUT2D eigenvalue weighted by molar-refractivity contribution is -0.385. The zero-order valence-corrected chi connectivity index (χ0v) is 11.4. The molecule has 20 heavy (non-hydrogen) atoms. The number of aldehydes is 1. The Bertz CT molecular complexity index is 668. The number of hydrogen-bond donors (Lipinski definition) is 0. The second kappa shape index (κ2) is 5.90. The summed E-state index contributed by atoms with van der Waals surface area (Å²) in [6, 6.07) is 8.48. The average Bonchev–Trinajstić information content (AvgIpc) is 2.37. The third kappa shape index (κ3) is 3.26. The number of carbonyl (C=O) groups excluding carboxylic acids is 1. The van der Waals surface area contributed by atoms with Gasteiger partial charge in [0.05, 0.1) is 10.5 Å². The highest BCUT2D eigenvalue weighted by atomic mass is 35.5. The summed E-state index contributed by atoms with van der Waals surface area (Å²) in [6.45, 7) is 0. The highest BCUT2D eigenvalue weighted by molar-refractivity contribution is 6.34. The minimum atomic E-state index is -0.635. The maximum atomic E-state index is 10.8. The second-order valence-electron chi connectivity index (χ2n) is 3.80. The lowest BCUT2D eigenvalue weighted by Gasteiger charge is -2.07. The van der Waals surface area contributed by atoms with Crippen molar-refractivity contribution in [2.24, 2.45) is 0 Å². The molecule has 0 N–H and O–H groups in total. The van der Waals surface area contributed by atoms with E-state index in [4.69, 9.17) is 27.9 Å². The van der Waals surface area contributed by atoms with E-state index in [1.165, 1.54) is 30.3 Å². The average molecular weight is 312 g/mol. The van der Waals surface area contributed by atoms with Crippen molar-refractivity contribution in [2.75, 3.05) is 0 Å². The van der Waals surface area contributed by atoms with Gasteiger partial charge in [0.1, 0.15) is 11.5 Å². The first-order chi connectivity index (χ1) is 9.49. The zero-order valence-electron chi connectivity index (χ0n) is 9.88. The predicted octanol–water partition coefficient (Wildman–Crippen LogP) is 4.51. The maximum absolute atomic E-state index is 10.8. The molecule has 0 unspecified atom stereocenters. The van der Waals surface area contributed by atoms with Crippen LogP contribution in [0.4, 0.5) is 5.69 Å². The molecule has 0 aliphatic carbocycles. The van der Waals surface area contributed by atoms with Crippen LogP contribution < -0.4 is 4.74 Å². The minimum Gasteiger partial charge on any atom is -0.457 e. The molecule has 0 saturated carbocycles. The quantitative estimate of drug-likeness (QED) is 0.473. The molecule has 5 nitrogen and oxygen atoms in total. The van der Waals surface area contributed by atoms with Crippen LogP contribution in [-0.2, 0) is 0 Å². The molecule has 0 spiro atoms. The van der Waals surface area contributed by atoms with Gasteiger partial charge >= 0.3 is 0 Å². The summed E-state index contributed by atoms with van der Waals surface area (Å²) < 4.78 is 5.47. The predicted molar refractivity (Wildman–Crippen MR) is 75.0 cm³/mol. The lowest BCUT2D eigenvalue weighted by atomic mass is 10.2. The van der Waals surface area contributed by atoms with Crippen LogP contribution in [0.1, 0.15) is 10.4 Å². The van der Waals surface area contributed by atoms with Crippen LogP contribution in [-0.4, -0.2) is 11.2 Å². The van der Waals surface area contributed by atoms with Crippen LogP contribution in [0.3, 0.4) is 0 Å². The van der Waals surface area contributed by atoms with E-state index >= 15 is 0 Å². The first-order valence-electron chi connectivity index (χ1n) is 5.37. The Morgan fingerprint density at radius 1 is 1.05 bits per heavy atom. The summed E-state index contributed by atoms with van der Waals surface area (Å²) in [5.41, 5.74) is -0.350. The van der Waals surface area contributed by atoms with Gasteiger partial charge in [-0.15, -0.1) is 0 Å². The summed E-state index contributed by atoms with van der Waals surface area (Å²) in [4.78, 5) is 20.9. The van der Waals surface area contributed by atoms with Crippen molar-refractivity contribution in [2.45, 2.75) is 0 Å². The number of ether oxygens (including phenoxy) is 1. The van der Waals surface area contributed by atoms with Crippen molar-refractivity contribution >= 4 is 35.2 Å². The van der Waals surface area contributed by atoms with Gasteiger partial charge < -0.3 is 4.74 Å². The monoisotopic (exact) mass is 311 g/mol. The molecule has 0 bridgehead atoms. The normalized spacial score (nSPS) is 10.1. The van der Waals surface area contributed by atoms with E-state index in [1.807, 2.05) is 0 Å². The van der Waals surface area contributed by atoms with Gasteiger partial charge in [-0.25, -0.2) is 0 Å². The number of nitro groups is 1. The first-order valence-corrected chi connectivity index (χ1v) is 6.13. The van der Waals surface area contributed by atoms with E-state index in [0.717, 1.165) is 0 Å². The van der Waals surface area contributed by atoms with Crippen LogP contribution >= 0.6 is 23.2 Å². The highest BCUT2D eigenvalue weighted by Gasteiger charge is 2.14. The van der Waals surface area contributed by atoms with Gasteiger partial charge in [0, 0.05) is 16.1 Å². The molecule has 0 aromatic heterocycles. The Labute approximate surface area is 123 Å². The van der Waals surface area contributed by atoms with Gasteiger partial charge in [0.2, 0.25) is 0 Å². The van der Waals surface area contributed by atoms with Crippen molar-refractivity contribution in [1.82, 2.24) is 0 Å². The maximum Gasteiger partial charge on any atom is 0.280 e. The third-order valence-corrected chi connectivity index (χ3v) is 2.83. The molecule has 0 atom stereocenters. The van der Waals surface area contributed by atoms with E-state index in [-0.39, 0.29) is 17.0 Å². The topological polar surface area (TPSA) is 69.4 Å². The molecule has 0 fully saturated rings. The molecule has 2 aromatic rings. The summed E-state index contributed by atoms with van der Waals surface area (Å²) in [7, 11) is 0. The van der Waals surface area contributed by atoms with Gasteiger partial charge in [-0.3, -0.25) is 14.9 Å². The van der Waals surface area contributed by atoms with Crippen LogP contribution in [0.15, 0.2) is 36.4 Å². The van der Waals surface area contributed by atoms with Crippen molar-refractivity contribution in [3.8, 4) is 11.5 Å². The molecule has 2 aromatic carbocycles. The minimum absolute atomic E-state index is 0.0689. The van der Waals surface area contributed by atoms with Gasteiger partial charge in [0.15, 0.2) is 6.29 Å². The van der Waals surface area contributed by atoms with Gasteiger partial charge in [-0.05, 0) is 30.3 Å². The van der Waals surface area contributed by atoms with Crippen LogP contribution in [0.2, 0.25) is 10.0 Å². The standard InChI is InChI=1S/C13H7Cl2NO4/c14-9-4-10(15)6-12(5-9)20-11-1-2-13(16(18)19)8(3-11)7-17/h1-7H. The largest absolute Gasteiger partial charge is 0.457 e. The molecule has 0 aliphatic heterocycles. The number of nitro benzene ring substituents is 1. The second-order valence-corrected chi connectivity index (χ2v) is 4.68. The molecular formula is C13H7Cl2NO4. The smallest absolute Gasteiger partial charge is 0.280 e. The van der Waals surface area contributed by atoms with Gasteiger partial charge in [-0.2, -0.15) is 0 Å². The highest BCUT2D eigenvalue weighted by Crippen LogP contribution is 2.30. The lowest BCUT2D eigenvalue weighted by Crippen LogP contribution is -1.95. The molecule has 0 aliphatic rings. The van der Waals surface area contributed by atoms with E-state index in [0.29, 0.717) is 22.1 Å². The summed E-state index contributed by atoms with van der Waals surface area (Å²) in [5, 5.41) is 11.5. The van der Waals surface area contributed by atoms with E-state index < -0.39 is 4.92 Å². The van der Waals surface area contributed by atoms with Gasteiger partial charge in [0.25, 0.3) is 5.69 Å². The summed E-state index contributed by atoms with van der Waals surface area (Å²) >= 11 is 11.7. The molecule has 0 radical (unpaired) electrons. The summed E-state index contributed by atoms with van der Waals surface area (Å²) in [6.07, 6.45) is 0.399. The number of carbonyl (C=O) groups is 1. The Morgan fingerprint density at radius 3 is 2.25 bits per heavy atom. The van der Waals surface area contributed by atoms with Crippen LogP contribution in [0, 0.1) is 10.1 Å². The molecule has 0 amide bonds. The SMILES string of the molecule is O=Cc1cc(Oc2cc(Cl)cc(Cl)c2)ccc1[N+](=O)[O-]. The number of halogens is 2. The van der Waals surface area contributed by atoms with E-state index in [2.05, 4.69) is 0 Å². The molecule has 2 rings (SSSR count). The first kappa shape index (κ1) is 14.3. The van der Waals surface area contributed by atoms with Crippen molar-refractivity contribution in [3.63, 3.8) is 0 Å². The number of nitrogens with zero attached hydrogens (tertiary/aromatic N) is 1. The van der Waals surface area contributed by atoms with Gasteiger partial charge in [-0.1, -0.05) is 23.2 Å². The Balaban J connectivity index is 2.34. The fourth-order valence-electron chi connectivity index (χ4n) is 1.58.